The molecule has 1 saturated carbocycles. The SMILES string of the molecule is O=C(O)c1ccc(Br)cc1N1CCOC2CCCC21. The molecular formula is C14H16BrNO3. The number of hydrogen-bond acceptors (Lipinski definition) is 3. The predicted octanol–water partition coefficient (Wildman–Crippen LogP) is 2.91. The van der Waals surface area contributed by atoms with E-state index in [4.69, 9.17) is 4.74 Å². The maximum absolute atomic E-state index is 11.4. The minimum atomic E-state index is -0.872. The second kappa shape index (κ2) is 5.13. The first-order valence-corrected chi connectivity index (χ1v) is 7.37. The van der Waals surface area contributed by atoms with Gasteiger partial charge in [0.05, 0.1) is 30.0 Å². The van der Waals surface area contributed by atoms with Crippen LogP contribution in [-0.4, -0.2) is 36.4 Å². The van der Waals surface area contributed by atoms with E-state index in [0.29, 0.717) is 18.2 Å². The summed E-state index contributed by atoms with van der Waals surface area (Å²) in [4.78, 5) is 13.6. The summed E-state index contributed by atoms with van der Waals surface area (Å²) >= 11 is 3.43. The second-order valence-corrected chi connectivity index (χ2v) is 5.98. The van der Waals surface area contributed by atoms with Crippen LogP contribution in [0.2, 0.25) is 0 Å². The number of benzene rings is 1. The molecule has 1 N–H and O–H groups in total. The van der Waals surface area contributed by atoms with Crippen LogP contribution in [-0.2, 0) is 4.74 Å². The molecule has 0 amide bonds. The Morgan fingerprint density at radius 3 is 3.05 bits per heavy atom. The zero-order valence-corrected chi connectivity index (χ0v) is 12.1. The summed E-state index contributed by atoms with van der Waals surface area (Å²) in [7, 11) is 0. The van der Waals surface area contributed by atoms with Gasteiger partial charge in [-0.3, -0.25) is 0 Å². The molecule has 2 atom stereocenters. The van der Waals surface area contributed by atoms with E-state index in [-0.39, 0.29) is 6.10 Å². The van der Waals surface area contributed by atoms with Gasteiger partial charge >= 0.3 is 5.97 Å². The van der Waals surface area contributed by atoms with E-state index in [9.17, 15) is 9.90 Å². The topological polar surface area (TPSA) is 49.8 Å². The Kier molecular flexibility index (Phi) is 3.50. The zero-order chi connectivity index (χ0) is 13.4. The van der Waals surface area contributed by atoms with Crippen LogP contribution < -0.4 is 4.90 Å². The molecule has 4 nitrogen and oxygen atoms in total. The molecule has 2 fully saturated rings. The molecular weight excluding hydrogens is 310 g/mol. The molecule has 1 saturated heterocycles. The van der Waals surface area contributed by atoms with Crippen molar-refractivity contribution < 1.29 is 14.6 Å². The monoisotopic (exact) mass is 325 g/mol. The van der Waals surface area contributed by atoms with Gasteiger partial charge in [0.15, 0.2) is 0 Å². The van der Waals surface area contributed by atoms with E-state index in [0.717, 1.165) is 36.0 Å². The summed E-state index contributed by atoms with van der Waals surface area (Å²) in [5, 5.41) is 9.35. The molecule has 1 aromatic carbocycles. The fourth-order valence-electron chi connectivity index (χ4n) is 3.15. The van der Waals surface area contributed by atoms with Crippen LogP contribution in [0.15, 0.2) is 22.7 Å². The van der Waals surface area contributed by atoms with Gasteiger partial charge in [-0.2, -0.15) is 0 Å². The van der Waals surface area contributed by atoms with Crippen LogP contribution in [0, 0.1) is 0 Å². The molecule has 0 spiro atoms. The molecule has 1 heterocycles. The van der Waals surface area contributed by atoms with E-state index < -0.39 is 5.97 Å². The third kappa shape index (κ3) is 2.37. The van der Waals surface area contributed by atoms with Gasteiger partial charge < -0.3 is 14.7 Å². The van der Waals surface area contributed by atoms with Crippen molar-refractivity contribution in [3.8, 4) is 0 Å². The Hall–Kier alpha value is -1.07. The van der Waals surface area contributed by atoms with Crippen molar-refractivity contribution in [2.24, 2.45) is 0 Å². The lowest BCUT2D eigenvalue weighted by Crippen LogP contribution is -2.49. The number of halogens is 1. The van der Waals surface area contributed by atoms with E-state index in [1.807, 2.05) is 6.07 Å². The first-order valence-electron chi connectivity index (χ1n) is 6.58. The number of aromatic carboxylic acids is 1. The Morgan fingerprint density at radius 1 is 1.42 bits per heavy atom. The Labute approximate surface area is 120 Å². The van der Waals surface area contributed by atoms with Gasteiger partial charge in [-0.1, -0.05) is 15.9 Å². The molecule has 1 aromatic rings. The van der Waals surface area contributed by atoms with Crippen molar-refractivity contribution in [2.45, 2.75) is 31.4 Å². The van der Waals surface area contributed by atoms with Crippen molar-refractivity contribution in [3.63, 3.8) is 0 Å². The number of morpholine rings is 1. The maximum atomic E-state index is 11.4. The Morgan fingerprint density at radius 2 is 2.26 bits per heavy atom. The number of carboxylic acid groups (broad SMARTS) is 1. The van der Waals surface area contributed by atoms with Gasteiger partial charge in [0.2, 0.25) is 0 Å². The maximum Gasteiger partial charge on any atom is 0.337 e. The van der Waals surface area contributed by atoms with Crippen molar-refractivity contribution in [2.75, 3.05) is 18.1 Å². The fourth-order valence-corrected chi connectivity index (χ4v) is 3.50. The molecule has 19 heavy (non-hydrogen) atoms. The number of carbonyl (C=O) groups is 1. The highest BCUT2D eigenvalue weighted by atomic mass is 79.9. The molecule has 2 unspecified atom stereocenters. The third-order valence-corrected chi connectivity index (χ3v) is 4.48. The zero-order valence-electron chi connectivity index (χ0n) is 10.5. The smallest absolute Gasteiger partial charge is 0.337 e. The lowest BCUT2D eigenvalue weighted by Gasteiger charge is -2.40. The van der Waals surface area contributed by atoms with Gasteiger partial charge in [-0.25, -0.2) is 4.79 Å². The number of ether oxygens (including phenoxy) is 1. The molecule has 2 aliphatic rings. The minimum Gasteiger partial charge on any atom is -0.478 e. The number of fused-ring (bicyclic) bond motifs is 1. The van der Waals surface area contributed by atoms with E-state index in [1.54, 1.807) is 12.1 Å². The van der Waals surface area contributed by atoms with E-state index in [1.165, 1.54) is 0 Å². The summed E-state index contributed by atoms with van der Waals surface area (Å²) in [6.07, 6.45) is 3.57. The minimum absolute atomic E-state index is 0.259. The highest BCUT2D eigenvalue weighted by molar-refractivity contribution is 9.10. The number of carboxylic acids is 1. The second-order valence-electron chi connectivity index (χ2n) is 5.07. The Balaban J connectivity index is 2.00. The summed E-state index contributed by atoms with van der Waals surface area (Å²) in [6, 6.07) is 5.67. The van der Waals surface area contributed by atoms with Crippen LogP contribution in [0.5, 0.6) is 0 Å². The van der Waals surface area contributed by atoms with Crippen LogP contribution in [0.1, 0.15) is 29.6 Å². The summed E-state index contributed by atoms with van der Waals surface area (Å²) < 4.78 is 6.69. The Bertz CT molecular complexity index is 505. The van der Waals surface area contributed by atoms with Gasteiger partial charge in [-0.05, 0) is 37.5 Å². The lowest BCUT2D eigenvalue weighted by molar-refractivity contribution is 0.0254. The first-order chi connectivity index (χ1) is 9.16. The highest BCUT2D eigenvalue weighted by Crippen LogP contribution is 2.35. The standard InChI is InChI=1S/C14H16BrNO3/c15-9-4-5-10(14(17)18)12(8-9)16-6-7-19-13-3-1-2-11(13)16/h4-5,8,11,13H,1-3,6-7H2,(H,17,18). The molecule has 0 bridgehead atoms. The normalized spacial score (nSPS) is 26.3. The molecule has 1 aliphatic carbocycles. The molecule has 1 aliphatic heterocycles. The van der Waals surface area contributed by atoms with E-state index in [2.05, 4.69) is 20.8 Å². The van der Waals surface area contributed by atoms with Gasteiger partial charge in [0, 0.05) is 11.0 Å². The summed E-state index contributed by atoms with van der Waals surface area (Å²) in [5.41, 5.74) is 1.18. The highest BCUT2D eigenvalue weighted by Gasteiger charge is 2.37. The van der Waals surface area contributed by atoms with Crippen molar-refractivity contribution >= 4 is 27.6 Å². The van der Waals surface area contributed by atoms with Gasteiger partial charge in [0.25, 0.3) is 0 Å². The summed E-state index contributed by atoms with van der Waals surface area (Å²) in [6.45, 7) is 1.44. The molecule has 102 valence electrons. The average molecular weight is 326 g/mol. The number of rotatable bonds is 2. The van der Waals surface area contributed by atoms with E-state index >= 15 is 0 Å². The average Bonchev–Trinajstić information content (AvgIpc) is 2.86. The van der Waals surface area contributed by atoms with Crippen LogP contribution in [0.25, 0.3) is 0 Å². The number of hydrogen-bond donors (Lipinski definition) is 1. The van der Waals surface area contributed by atoms with Gasteiger partial charge in [0.1, 0.15) is 0 Å². The molecule has 5 heteroatoms. The largest absolute Gasteiger partial charge is 0.478 e. The van der Waals surface area contributed by atoms with Gasteiger partial charge in [-0.15, -0.1) is 0 Å². The van der Waals surface area contributed by atoms with Crippen molar-refractivity contribution in [1.82, 2.24) is 0 Å². The third-order valence-electron chi connectivity index (χ3n) is 3.98. The van der Waals surface area contributed by atoms with Crippen LogP contribution >= 0.6 is 15.9 Å². The van der Waals surface area contributed by atoms with Crippen LogP contribution in [0.4, 0.5) is 5.69 Å². The quantitative estimate of drug-likeness (QED) is 0.908. The van der Waals surface area contributed by atoms with Crippen molar-refractivity contribution in [1.29, 1.82) is 0 Å². The molecule has 3 rings (SSSR count). The fraction of sp³-hybridized carbons (Fsp3) is 0.500. The first kappa shape index (κ1) is 12.9. The molecule has 0 aromatic heterocycles. The van der Waals surface area contributed by atoms with Crippen LogP contribution in [0.3, 0.4) is 0 Å². The lowest BCUT2D eigenvalue weighted by atomic mass is 10.1. The predicted molar refractivity (Wildman–Crippen MR) is 75.8 cm³/mol. The molecule has 0 radical (unpaired) electrons. The van der Waals surface area contributed by atoms with Crippen molar-refractivity contribution in [3.05, 3.63) is 28.2 Å². The summed E-state index contributed by atoms with van der Waals surface area (Å²) in [5.74, 6) is -0.872. The number of anilines is 1. The number of nitrogens with zero attached hydrogens (tertiary/aromatic N) is 1.